The number of hydrogen-bond donors (Lipinski definition) is 0. The summed E-state index contributed by atoms with van der Waals surface area (Å²) in [4.78, 5) is 16.0. The van der Waals surface area contributed by atoms with Crippen LogP contribution in [0.5, 0.6) is 5.75 Å². The molecule has 108 valence electrons. The van der Waals surface area contributed by atoms with Gasteiger partial charge in [0.2, 0.25) is 0 Å². The Kier molecular flexibility index (Phi) is 4.01. The number of esters is 1. The zero-order valence-electron chi connectivity index (χ0n) is 11.7. The van der Waals surface area contributed by atoms with Gasteiger partial charge >= 0.3 is 5.97 Å². The Balaban J connectivity index is 1.78. The Bertz CT molecular complexity index is 690. The summed E-state index contributed by atoms with van der Waals surface area (Å²) in [7, 11) is 0. The normalized spacial score (nSPS) is 13.1. The molecule has 0 radical (unpaired) electrons. The third-order valence-corrected chi connectivity index (χ3v) is 4.06. The number of carbonyl (C=O) groups is 1. The second-order valence-corrected chi connectivity index (χ2v) is 5.48. The van der Waals surface area contributed by atoms with E-state index >= 15 is 0 Å². The number of hydrogen-bond acceptors (Lipinski definition) is 5. The molecule has 21 heavy (non-hydrogen) atoms. The number of aromatic nitrogens is 1. The first kappa shape index (κ1) is 13.8. The maximum Gasteiger partial charge on any atom is 0.311 e. The van der Waals surface area contributed by atoms with Crippen LogP contribution in [0.2, 0.25) is 0 Å². The standard InChI is InChI=1S/C16H15NO3S/c1-2-19-15(18)8-13-10-21-16(17-13)12-7-11-5-3-4-6-14(11)20-9-12/h3-7,10H,2,8-9H2,1H3. The van der Waals surface area contributed by atoms with Crippen molar-refractivity contribution in [2.24, 2.45) is 0 Å². The summed E-state index contributed by atoms with van der Waals surface area (Å²) in [6, 6.07) is 7.91. The van der Waals surface area contributed by atoms with E-state index in [9.17, 15) is 4.79 Å². The highest BCUT2D eigenvalue weighted by atomic mass is 32.1. The number of thiazole rings is 1. The fourth-order valence-corrected chi connectivity index (χ4v) is 2.96. The lowest BCUT2D eigenvalue weighted by Crippen LogP contribution is -2.08. The minimum Gasteiger partial charge on any atom is -0.488 e. The molecule has 1 aliphatic rings. The molecule has 0 unspecified atom stereocenters. The van der Waals surface area contributed by atoms with Crippen LogP contribution in [0.1, 0.15) is 23.2 Å². The highest BCUT2D eigenvalue weighted by Gasteiger charge is 2.16. The van der Waals surface area contributed by atoms with E-state index in [0.29, 0.717) is 13.2 Å². The van der Waals surface area contributed by atoms with Gasteiger partial charge < -0.3 is 9.47 Å². The van der Waals surface area contributed by atoms with Gasteiger partial charge in [0, 0.05) is 16.5 Å². The van der Waals surface area contributed by atoms with E-state index in [0.717, 1.165) is 27.6 Å². The van der Waals surface area contributed by atoms with Gasteiger partial charge in [0.15, 0.2) is 0 Å². The molecular formula is C16H15NO3S. The van der Waals surface area contributed by atoms with Crippen LogP contribution in [0, 0.1) is 0 Å². The third-order valence-electron chi connectivity index (χ3n) is 3.09. The summed E-state index contributed by atoms with van der Waals surface area (Å²) in [5.74, 6) is 0.651. The molecule has 0 spiro atoms. The van der Waals surface area contributed by atoms with E-state index in [2.05, 4.69) is 11.1 Å². The molecule has 0 bridgehead atoms. The predicted molar refractivity (Wildman–Crippen MR) is 82.3 cm³/mol. The van der Waals surface area contributed by atoms with Gasteiger partial charge in [-0.25, -0.2) is 4.98 Å². The number of para-hydroxylation sites is 1. The summed E-state index contributed by atoms with van der Waals surface area (Å²) >= 11 is 1.52. The number of ether oxygens (including phenoxy) is 2. The maximum absolute atomic E-state index is 11.5. The molecule has 0 aliphatic carbocycles. The smallest absolute Gasteiger partial charge is 0.311 e. The Hall–Kier alpha value is -2.14. The van der Waals surface area contributed by atoms with Gasteiger partial charge in [-0.05, 0) is 19.1 Å². The Morgan fingerprint density at radius 2 is 2.29 bits per heavy atom. The van der Waals surface area contributed by atoms with Crippen LogP contribution in [0.25, 0.3) is 11.6 Å². The van der Waals surface area contributed by atoms with Crippen LogP contribution in [0.15, 0.2) is 29.6 Å². The molecule has 5 heteroatoms. The molecule has 1 aromatic carbocycles. The molecule has 2 aromatic rings. The van der Waals surface area contributed by atoms with E-state index in [1.807, 2.05) is 29.6 Å². The number of rotatable bonds is 4. The fraction of sp³-hybridized carbons (Fsp3) is 0.250. The van der Waals surface area contributed by atoms with E-state index < -0.39 is 0 Å². The highest BCUT2D eigenvalue weighted by Crippen LogP contribution is 2.31. The van der Waals surface area contributed by atoms with E-state index in [1.165, 1.54) is 11.3 Å². The summed E-state index contributed by atoms with van der Waals surface area (Å²) in [6.07, 6.45) is 2.31. The largest absolute Gasteiger partial charge is 0.488 e. The van der Waals surface area contributed by atoms with Crippen LogP contribution < -0.4 is 4.74 Å². The molecular weight excluding hydrogens is 286 g/mol. The molecule has 0 fully saturated rings. The molecule has 4 nitrogen and oxygen atoms in total. The first-order valence-electron chi connectivity index (χ1n) is 6.79. The Morgan fingerprint density at radius 1 is 1.43 bits per heavy atom. The molecule has 2 heterocycles. The second kappa shape index (κ2) is 6.10. The lowest BCUT2D eigenvalue weighted by atomic mass is 10.1. The summed E-state index contributed by atoms with van der Waals surface area (Å²) in [5, 5.41) is 2.79. The SMILES string of the molecule is CCOC(=O)Cc1csc(C2=Cc3ccccc3OC2)n1. The average Bonchev–Trinajstić information content (AvgIpc) is 2.95. The van der Waals surface area contributed by atoms with Gasteiger partial charge in [-0.3, -0.25) is 4.79 Å². The first-order valence-corrected chi connectivity index (χ1v) is 7.67. The molecule has 0 amide bonds. The van der Waals surface area contributed by atoms with Crippen molar-refractivity contribution in [3.8, 4) is 5.75 Å². The molecule has 0 saturated carbocycles. The molecule has 3 rings (SSSR count). The summed E-state index contributed by atoms with van der Waals surface area (Å²) < 4.78 is 10.7. The van der Waals surface area contributed by atoms with Crippen LogP contribution in [0.4, 0.5) is 0 Å². The van der Waals surface area contributed by atoms with Gasteiger partial charge in [-0.1, -0.05) is 18.2 Å². The van der Waals surface area contributed by atoms with Crippen molar-refractivity contribution in [2.45, 2.75) is 13.3 Å². The maximum atomic E-state index is 11.5. The molecule has 0 atom stereocenters. The quantitative estimate of drug-likeness (QED) is 0.814. The predicted octanol–water partition coefficient (Wildman–Crippen LogP) is 3.18. The lowest BCUT2D eigenvalue weighted by Gasteiger charge is -2.16. The molecule has 0 N–H and O–H groups in total. The average molecular weight is 301 g/mol. The number of nitrogens with zero attached hydrogens (tertiary/aromatic N) is 1. The van der Waals surface area contributed by atoms with Crippen LogP contribution in [-0.2, 0) is 16.0 Å². The summed E-state index contributed by atoms with van der Waals surface area (Å²) in [5.41, 5.74) is 2.84. The van der Waals surface area contributed by atoms with Crippen molar-refractivity contribution in [1.82, 2.24) is 4.98 Å². The zero-order valence-corrected chi connectivity index (χ0v) is 12.5. The van der Waals surface area contributed by atoms with Crippen molar-refractivity contribution in [3.63, 3.8) is 0 Å². The van der Waals surface area contributed by atoms with Crippen LogP contribution >= 0.6 is 11.3 Å². The van der Waals surface area contributed by atoms with Crippen LogP contribution in [0.3, 0.4) is 0 Å². The fourth-order valence-electron chi connectivity index (χ4n) is 2.14. The summed E-state index contributed by atoms with van der Waals surface area (Å²) in [6.45, 7) is 2.70. The minimum absolute atomic E-state index is 0.217. The van der Waals surface area contributed by atoms with Gasteiger partial charge in [-0.15, -0.1) is 11.3 Å². The van der Waals surface area contributed by atoms with Gasteiger partial charge in [0.1, 0.15) is 17.4 Å². The third kappa shape index (κ3) is 3.13. The lowest BCUT2D eigenvalue weighted by molar-refractivity contribution is -0.142. The molecule has 0 saturated heterocycles. The number of fused-ring (bicyclic) bond motifs is 1. The zero-order chi connectivity index (χ0) is 14.7. The molecule has 1 aromatic heterocycles. The van der Waals surface area contributed by atoms with Gasteiger partial charge in [0.25, 0.3) is 0 Å². The van der Waals surface area contributed by atoms with Crippen molar-refractivity contribution in [1.29, 1.82) is 0 Å². The van der Waals surface area contributed by atoms with Gasteiger partial charge in [-0.2, -0.15) is 0 Å². The van der Waals surface area contributed by atoms with Crippen molar-refractivity contribution >= 4 is 29.0 Å². The van der Waals surface area contributed by atoms with E-state index in [4.69, 9.17) is 9.47 Å². The first-order chi connectivity index (χ1) is 10.3. The number of carbonyl (C=O) groups excluding carboxylic acids is 1. The van der Waals surface area contributed by atoms with E-state index in [1.54, 1.807) is 6.92 Å². The van der Waals surface area contributed by atoms with E-state index in [-0.39, 0.29) is 12.4 Å². The van der Waals surface area contributed by atoms with Crippen LogP contribution in [-0.4, -0.2) is 24.2 Å². The topological polar surface area (TPSA) is 48.4 Å². The second-order valence-electron chi connectivity index (χ2n) is 4.62. The van der Waals surface area contributed by atoms with Crippen molar-refractivity contribution in [3.05, 3.63) is 45.9 Å². The minimum atomic E-state index is -0.242. The van der Waals surface area contributed by atoms with Gasteiger partial charge in [0.05, 0.1) is 18.7 Å². The van der Waals surface area contributed by atoms with Crippen molar-refractivity contribution < 1.29 is 14.3 Å². The highest BCUT2D eigenvalue weighted by molar-refractivity contribution is 7.10. The monoisotopic (exact) mass is 301 g/mol. The molecule has 1 aliphatic heterocycles. The number of benzene rings is 1. The Morgan fingerprint density at radius 3 is 3.14 bits per heavy atom. The van der Waals surface area contributed by atoms with Crippen molar-refractivity contribution in [2.75, 3.05) is 13.2 Å². The Labute approximate surface area is 127 Å².